The lowest BCUT2D eigenvalue weighted by atomic mass is 10.1. The molecule has 3 rings (SSSR count). The second-order valence-electron chi connectivity index (χ2n) is 5.39. The summed E-state index contributed by atoms with van der Waals surface area (Å²) in [5.41, 5.74) is 0.0420. The average Bonchev–Trinajstić information content (AvgIpc) is 3.11. The van der Waals surface area contributed by atoms with Gasteiger partial charge in [0.05, 0.1) is 24.1 Å². The van der Waals surface area contributed by atoms with Crippen LogP contribution in [0.4, 0.5) is 18.9 Å². The highest BCUT2D eigenvalue weighted by atomic mass is 19.4. The summed E-state index contributed by atoms with van der Waals surface area (Å²) in [4.78, 5) is 12.3. The topological polar surface area (TPSA) is 67.0 Å². The minimum atomic E-state index is -4.56. The van der Waals surface area contributed by atoms with Crippen molar-refractivity contribution in [3.63, 3.8) is 0 Å². The fourth-order valence-electron chi connectivity index (χ4n) is 2.38. The molecule has 0 aliphatic heterocycles. The summed E-state index contributed by atoms with van der Waals surface area (Å²) in [5.74, 6) is -0.0417. The summed E-state index contributed by atoms with van der Waals surface area (Å²) in [5, 5.41) is 8.83. The van der Waals surface area contributed by atoms with Crippen molar-refractivity contribution in [3.05, 3.63) is 65.9 Å². The molecular formula is C18H14F3N3O2. The Balaban J connectivity index is 1.81. The summed E-state index contributed by atoms with van der Waals surface area (Å²) in [6, 6.07) is 13.2. The Morgan fingerprint density at radius 1 is 1.12 bits per heavy atom. The zero-order valence-corrected chi connectivity index (χ0v) is 13.6. The van der Waals surface area contributed by atoms with Crippen LogP contribution >= 0.6 is 0 Å². The largest absolute Gasteiger partial charge is 0.497 e. The number of alkyl halides is 3. The molecule has 0 fully saturated rings. The molecule has 1 aromatic heterocycles. The number of aromatic amines is 1. The molecule has 134 valence electrons. The van der Waals surface area contributed by atoms with E-state index in [1.807, 2.05) is 0 Å². The second-order valence-corrected chi connectivity index (χ2v) is 5.39. The van der Waals surface area contributed by atoms with Crippen LogP contribution in [0.2, 0.25) is 0 Å². The fourth-order valence-corrected chi connectivity index (χ4v) is 2.38. The highest BCUT2D eigenvalue weighted by molar-refractivity contribution is 6.03. The smallest absolute Gasteiger partial charge is 0.418 e. The van der Waals surface area contributed by atoms with E-state index in [4.69, 9.17) is 4.74 Å². The molecule has 1 heterocycles. The summed E-state index contributed by atoms with van der Waals surface area (Å²) >= 11 is 0. The van der Waals surface area contributed by atoms with E-state index in [1.165, 1.54) is 24.3 Å². The van der Waals surface area contributed by atoms with E-state index in [9.17, 15) is 18.0 Å². The molecule has 3 aromatic rings. The number of hydrogen-bond acceptors (Lipinski definition) is 3. The number of rotatable bonds is 4. The molecule has 0 radical (unpaired) electrons. The Morgan fingerprint density at radius 2 is 1.81 bits per heavy atom. The van der Waals surface area contributed by atoms with Crippen molar-refractivity contribution in [2.24, 2.45) is 0 Å². The van der Waals surface area contributed by atoms with Gasteiger partial charge in [0.2, 0.25) is 0 Å². The number of hydrogen-bond donors (Lipinski definition) is 2. The van der Waals surface area contributed by atoms with Crippen LogP contribution in [0.25, 0.3) is 11.3 Å². The van der Waals surface area contributed by atoms with Crippen LogP contribution in [0.3, 0.4) is 0 Å². The third-order valence-corrected chi connectivity index (χ3v) is 3.69. The fraction of sp³-hybridized carbons (Fsp3) is 0.111. The molecule has 0 unspecified atom stereocenters. The first kappa shape index (κ1) is 17.5. The van der Waals surface area contributed by atoms with Gasteiger partial charge in [-0.2, -0.15) is 18.3 Å². The Morgan fingerprint density at radius 3 is 2.46 bits per heavy atom. The molecule has 2 aromatic carbocycles. The van der Waals surface area contributed by atoms with Gasteiger partial charge in [0, 0.05) is 5.56 Å². The van der Waals surface area contributed by atoms with Crippen LogP contribution in [0.1, 0.15) is 16.1 Å². The van der Waals surface area contributed by atoms with Gasteiger partial charge >= 0.3 is 6.18 Å². The van der Waals surface area contributed by atoms with Crippen molar-refractivity contribution in [2.75, 3.05) is 12.4 Å². The predicted octanol–water partition coefficient (Wildman–Crippen LogP) is 4.36. The number of nitrogens with zero attached hydrogens (tertiary/aromatic N) is 1. The van der Waals surface area contributed by atoms with Crippen LogP contribution in [0, 0.1) is 0 Å². The number of amides is 1. The maximum absolute atomic E-state index is 13.0. The number of methoxy groups -OCH3 is 1. The lowest BCUT2D eigenvalue weighted by Crippen LogP contribution is -2.16. The first-order valence-electron chi connectivity index (χ1n) is 7.56. The summed E-state index contributed by atoms with van der Waals surface area (Å²) in [6.07, 6.45) is -4.56. The van der Waals surface area contributed by atoms with Gasteiger partial charge in [-0.15, -0.1) is 0 Å². The number of ether oxygens (including phenoxy) is 1. The van der Waals surface area contributed by atoms with E-state index in [1.54, 1.807) is 31.4 Å². The molecule has 0 bridgehead atoms. The predicted molar refractivity (Wildman–Crippen MR) is 90.0 cm³/mol. The molecule has 26 heavy (non-hydrogen) atoms. The number of benzene rings is 2. The molecule has 5 nitrogen and oxygen atoms in total. The zero-order valence-electron chi connectivity index (χ0n) is 13.6. The molecule has 0 spiro atoms. The van der Waals surface area contributed by atoms with Crippen LogP contribution in [0.5, 0.6) is 5.75 Å². The highest BCUT2D eigenvalue weighted by Gasteiger charge is 2.33. The molecule has 8 heteroatoms. The number of para-hydroxylation sites is 1. The van der Waals surface area contributed by atoms with Crippen molar-refractivity contribution in [1.82, 2.24) is 10.2 Å². The highest BCUT2D eigenvalue weighted by Crippen LogP contribution is 2.34. The van der Waals surface area contributed by atoms with E-state index < -0.39 is 17.6 Å². The van der Waals surface area contributed by atoms with Gasteiger partial charge in [-0.1, -0.05) is 12.1 Å². The van der Waals surface area contributed by atoms with E-state index in [0.29, 0.717) is 11.4 Å². The molecular weight excluding hydrogens is 347 g/mol. The van der Waals surface area contributed by atoms with Crippen molar-refractivity contribution in [1.29, 1.82) is 0 Å². The van der Waals surface area contributed by atoms with Crippen molar-refractivity contribution >= 4 is 11.6 Å². The second kappa shape index (κ2) is 6.91. The lowest BCUT2D eigenvalue weighted by molar-refractivity contribution is -0.136. The van der Waals surface area contributed by atoms with Gasteiger partial charge in [-0.25, -0.2) is 0 Å². The number of halogens is 3. The first-order chi connectivity index (χ1) is 12.4. The molecule has 2 N–H and O–H groups in total. The Labute approximate surface area is 146 Å². The molecule has 1 amide bonds. The van der Waals surface area contributed by atoms with Gasteiger partial charge < -0.3 is 10.1 Å². The van der Waals surface area contributed by atoms with Crippen molar-refractivity contribution in [3.8, 4) is 17.0 Å². The molecule has 0 saturated heterocycles. The summed E-state index contributed by atoms with van der Waals surface area (Å²) in [6.45, 7) is 0. The summed E-state index contributed by atoms with van der Waals surface area (Å²) < 4.78 is 44.1. The minimum absolute atomic E-state index is 0.0489. The van der Waals surface area contributed by atoms with Gasteiger partial charge in [-0.05, 0) is 42.5 Å². The SMILES string of the molecule is COc1ccc(-c2cc(C(=O)Nc3ccccc3C(F)(F)F)[nH]n2)cc1. The van der Waals surface area contributed by atoms with Crippen LogP contribution in [0.15, 0.2) is 54.6 Å². The van der Waals surface area contributed by atoms with E-state index in [2.05, 4.69) is 15.5 Å². The van der Waals surface area contributed by atoms with Gasteiger partial charge in [-0.3, -0.25) is 9.89 Å². The van der Waals surface area contributed by atoms with Crippen molar-refractivity contribution in [2.45, 2.75) is 6.18 Å². The van der Waals surface area contributed by atoms with Gasteiger partial charge in [0.15, 0.2) is 0 Å². The Bertz CT molecular complexity index is 918. The van der Waals surface area contributed by atoms with E-state index in [-0.39, 0.29) is 11.4 Å². The van der Waals surface area contributed by atoms with E-state index in [0.717, 1.165) is 11.6 Å². The third-order valence-electron chi connectivity index (χ3n) is 3.69. The standard InChI is InChI=1S/C18H14F3N3O2/c1-26-12-8-6-11(7-9-12)15-10-16(24-23-15)17(25)22-14-5-3-2-4-13(14)18(19,20)21/h2-10H,1H3,(H,22,25)(H,23,24). The maximum atomic E-state index is 13.0. The molecule has 0 aliphatic carbocycles. The lowest BCUT2D eigenvalue weighted by Gasteiger charge is -2.12. The minimum Gasteiger partial charge on any atom is -0.497 e. The summed E-state index contributed by atoms with van der Waals surface area (Å²) in [7, 11) is 1.55. The third kappa shape index (κ3) is 3.69. The van der Waals surface area contributed by atoms with Gasteiger partial charge in [0.25, 0.3) is 5.91 Å². The number of carbonyl (C=O) groups excluding carboxylic acids is 1. The van der Waals surface area contributed by atoms with Crippen LogP contribution < -0.4 is 10.1 Å². The average molecular weight is 361 g/mol. The molecule has 0 saturated carbocycles. The number of H-pyrrole nitrogens is 1. The van der Waals surface area contributed by atoms with Crippen LogP contribution in [-0.4, -0.2) is 23.2 Å². The zero-order chi connectivity index (χ0) is 18.7. The van der Waals surface area contributed by atoms with Gasteiger partial charge in [0.1, 0.15) is 11.4 Å². The molecule has 0 atom stereocenters. The quantitative estimate of drug-likeness (QED) is 0.726. The maximum Gasteiger partial charge on any atom is 0.418 e. The number of aromatic nitrogens is 2. The normalized spacial score (nSPS) is 11.2. The van der Waals surface area contributed by atoms with E-state index >= 15 is 0 Å². The number of anilines is 1. The van der Waals surface area contributed by atoms with Crippen molar-refractivity contribution < 1.29 is 22.7 Å². The molecule has 0 aliphatic rings. The van der Waals surface area contributed by atoms with Crippen LogP contribution in [-0.2, 0) is 6.18 Å². The number of nitrogens with one attached hydrogen (secondary N) is 2. The Kier molecular flexibility index (Phi) is 4.66. The number of carbonyl (C=O) groups is 1. The monoisotopic (exact) mass is 361 g/mol. The Hall–Kier alpha value is -3.29. The first-order valence-corrected chi connectivity index (χ1v) is 7.56.